The fraction of sp³-hybridized carbons (Fsp3) is 0.108. The lowest BCUT2D eigenvalue weighted by Gasteiger charge is -2.20. The van der Waals surface area contributed by atoms with Crippen molar-refractivity contribution < 1.29 is 0 Å². The molecule has 0 aliphatic heterocycles. The quantitative estimate of drug-likeness (QED) is 0.216. The summed E-state index contributed by atoms with van der Waals surface area (Å²) in [5.41, 5.74) is 5.83. The summed E-state index contributed by atoms with van der Waals surface area (Å²) >= 11 is 0. The first-order valence-corrected chi connectivity index (χ1v) is 13.7. The Balaban J connectivity index is 1.51. The van der Waals surface area contributed by atoms with Gasteiger partial charge in [0, 0.05) is 11.3 Å². The molecular formula is C37H26N4. The Morgan fingerprint density at radius 1 is 0.634 bits per heavy atom. The molecule has 41 heavy (non-hydrogen) atoms. The standard InChI is InChI=1S/C37H26N4/c1-37(2,3)26-15-9-23(10-16-26)28-17-11-24-13-19-30-31(20-14-25-12-18-29(28)34(24)35(25)30)36-40-32(21-38)33(22-39)41(36)27-7-5-4-6-8-27/h4-20H,1-3H3. The van der Waals surface area contributed by atoms with E-state index in [4.69, 9.17) is 4.98 Å². The van der Waals surface area contributed by atoms with Crippen LogP contribution < -0.4 is 0 Å². The molecule has 1 heterocycles. The molecule has 0 amide bonds. The molecule has 0 radical (unpaired) electrons. The van der Waals surface area contributed by atoms with Crippen LogP contribution in [0.1, 0.15) is 37.7 Å². The maximum Gasteiger partial charge on any atom is 0.177 e. The van der Waals surface area contributed by atoms with Crippen LogP contribution in [-0.4, -0.2) is 9.55 Å². The van der Waals surface area contributed by atoms with Crippen LogP contribution in [0.15, 0.2) is 103 Å². The molecule has 1 aromatic heterocycles. The van der Waals surface area contributed by atoms with E-state index in [2.05, 4.69) is 106 Å². The zero-order chi connectivity index (χ0) is 28.3. The van der Waals surface area contributed by atoms with Gasteiger partial charge >= 0.3 is 0 Å². The number of para-hydroxylation sites is 1. The minimum absolute atomic E-state index is 0.0971. The summed E-state index contributed by atoms with van der Waals surface area (Å²) in [5, 5.41) is 26.8. The molecule has 0 aliphatic carbocycles. The van der Waals surface area contributed by atoms with Crippen LogP contribution in [0.2, 0.25) is 0 Å². The second-order valence-corrected chi connectivity index (χ2v) is 11.5. The fourth-order valence-corrected chi connectivity index (χ4v) is 6.01. The molecule has 0 atom stereocenters. The monoisotopic (exact) mass is 526 g/mol. The molecule has 7 aromatic rings. The molecule has 0 saturated heterocycles. The second kappa shape index (κ2) is 9.05. The van der Waals surface area contributed by atoms with Crippen molar-refractivity contribution in [2.75, 3.05) is 0 Å². The van der Waals surface area contributed by atoms with E-state index in [1.807, 2.05) is 30.3 Å². The van der Waals surface area contributed by atoms with Crippen LogP contribution in [0, 0.1) is 22.7 Å². The largest absolute Gasteiger partial charge is 0.283 e. The van der Waals surface area contributed by atoms with Crippen molar-refractivity contribution in [2.24, 2.45) is 0 Å². The van der Waals surface area contributed by atoms with Gasteiger partial charge in [0.05, 0.1) is 0 Å². The molecular weight excluding hydrogens is 500 g/mol. The summed E-state index contributed by atoms with van der Waals surface area (Å²) in [6.45, 7) is 6.70. The van der Waals surface area contributed by atoms with E-state index in [0.717, 1.165) is 27.4 Å². The number of nitriles is 2. The molecule has 0 unspecified atom stereocenters. The van der Waals surface area contributed by atoms with E-state index in [1.165, 1.54) is 32.8 Å². The van der Waals surface area contributed by atoms with Crippen molar-refractivity contribution in [2.45, 2.75) is 26.2 Å². The van der Waals surface area contributed by atoms with Gasteiger partial charge in [0.15, 0.2) is 11.4 Å². The van der Waals surface area contributed by atoms with Gasteiger partial charge in [-0.25, -0.2) is 4.98 Å². The van der Waals surface area contributed by atoms with Gasteiger partial charge < -0.3 is 0 Å². The molecule has 4 heteroatoms. The fourth-order valence-electron chi connectivity index (χ4n) is 6.01. The van der Waals surface area contributed by atoms with Gasteiger partial charge in [-0.1, -0.05) is 106 Å². The number of benzene rings is 6. The zero-order valence-electron chi connectivity index (χ0n) is 23.1. The van der Waals surface area contributed by atoms with Crippen LogP contribution in [0.5, 0.6) is 0 Å². The van der Waals surface area contributed by atoms with Gasteiger partial charge in [0.2, 0.25) is 0 Å². The van der Waals surface area contributed by atoms with Crippen LogP contribution in [-0.2, 0) is 5.41 Å². The van der Waals surface area contributed by atoms with Gasteiger partial charge in [0.1, 0.15) is 18.0 Å². The van der Waals surface area contributed by atoms with E-state index in [9.17, 15) is 10.5 Å². The van der Waals surface area contributed by atoms with Gasteiger partial charge in [-0.3, -0.25) is 4.57 Å². The molecule has 6 aromatic carbocycles. The average Bonchev–Trinajstić information content (AvgIpc) is 3.38. The highest BCUT2D eigenvalue weighted by atomic mass is 15.1. The highest BCUT2D eigenvalue weighted by Gasteiger charge is 2.23. The first-order valence-electron chi connectivity index (χ1n) is 13.7. The van der Waals surface area contributed by atoms with Gasteiger partial charge in [-0.05, 0) is 72.6 Å². The van der Waals surface area contributed by atoms with E-state index in [0.29, 0.717) is 5.82 Å². The molecule has 0 spiro atoms. The third kappa shape index (κ3) is 3.77. The highest BCUT2D eigenvalue weighted by molar-refractivity contribution is 6.27. The average molecular weight is 527 g/mol. The summed E-state index contributed by atoms with van der Waals surface area (Å²) in [4.78, 5) is 4.70. The van der Waals surface area contributed by atoms with Gasteiger partial charge in [-0.2, -0.15) is 10.5 Å². The van der Waals surface area contributed by atoms with E-state index in [1.54, 1.807) is 4.57 Å². The summed E-state index contributed by atoms with van der Waals surface area (Å²) in [6, 6.07) is 40.2. The van der Waals surface area contributed by atoms with Crippen LogP contribution in [0.4, 0.5) is 0 Å². The van der Waals surface area contributed by atoms with Gasteiger partial charge in [-0.15, -0.1) is 0 Å². The highest BCUT2D eigenvalue weighted by Crippen LogP contribution is 2.43. The number of hydrogen-bond donors (Lipinski definition) is 0. The molecule has 0 bridgehead atoms. The Kier molecular flexibility index (Phi) is 5.43. The van der Waals surface area contributed by atoms with Crippen LogP contribution >= 0.6 is 0 Å². The normalized spacial score (nSPS) is 11.7. The first kappa shape index (κ1) is 24.6. The lowest BCUT2D eigenvalue weighted by atomic mass is 9.85. The van der Waals surface area contributed by atoms with E-state index >= 15 is 0 Å². The first-order chi connectivity index (χ1) is 19.9. The van der Waals surface area contributed by atoms with E-state index in [-0.39, 0.29) is 16.8 Å². The predicted octanol–water partition coefficient (Wildman–Crippen LogP) is 9.14. The molecule has 194 valence electrons. The van der Waals surface area contributed by atoms with Crippen molar-refractivity contribution in [3.8, 4) is 40.3 Å². The number of nitrogens with zero attached hydrogens (tertiary/aromatic N) is 4. The Bertz CT molecular complexity index is 2180. The van der Waals surface area contributed by atoms with Crippen LogP contribution in [0.3, 0.4) is 0 Å². The summed E-state index contributed by atoms with van der Waals surface area (Å²) in [7, 11) is 0. The third-order valence-corrected chi connectivity index (χ3v) is 8.07. The van der Waals surface area contributed by atoms with Gasteiger partial charge in [0.25, 0.3) is 0 Å². The Morgan fingerprint density at radius 3 is 1.80 bits per heavy atom. The SMILES string of the molecule is CC(C)(C)c1ccc(-c2ccc3ccc4c(-c5nc(C#N)c(C#N)n5-c5ccccc5)ccc5ccc2c3c54)cc1. The summed E-state index contributed by atoms with van der Waals surface area (Å²) in [6.07, 6.45) is 0. The van der Waals surface area contributed by atoms with Crippen molar-refractivity contribution >= 4 is 32.3 Å². The zero-order valence-corrected chi connectivity index (χ0v) is 23.1. The molecule has 0 aliphatic rings. The second-order valence-electron chi connectivity index (χ2n) is 11.5. The molecule has 4 nitrogen and oxygen atoms in total. The number of hydrogen-bond acceptors (Lipinski definition) is 3. The smallest absolute Gasteiger partial charge is 0.177 e. The maximum absolute atomic E-state index is 10.0. The number of rotatable bonds is 3. The van der Waals surface area contributed by atoms with Crippen LogP contribution in [0.25, 0.3) is 60.5 Å². The van der Waals surface area contributed by atoms with Crippen molar-refractivity contribution in [1.82, 2.24) is 9.55 Å². The maximum atomic E-state index is 10.0. The third-order valence-electron chi connectivity index (χ3n) is 8.07. The summed E-state index contributed by atoms with van der Waals surface area (Å²) in [5.74, 6) is 0.584. The molecule has 0 N–H and O–H groups in total. The Hall–Kier alpha value is -5.45. The van der Waals surface area contributed by atoms with E-state index < -0.39 is 0 Å². The number of aromatic nitrogens is 2. The lowest BCUT2D eigenvalue weighted by Crippen LogP contribution is -2.10. The topological polar surface area (TPSA) is 65.4 Å². The summed E-state index contributed by atoms with van der Waals surface area (Å²) < 4.78 is 1.80. The lowest BCUT2D eigenvalue weighted by molar-refractivity contribution is 0.590. The Labute approximate surface area is 238 Å². The predicted molar refractivity (Wildman–Crippen MR) is 166 cm³/mol. The Morgan fingerprint density at radius 2 is 1.22 bits per heavy atom. The minimum Gasteiger partial charge on any atom is -0.283 e. The van der Waals surface area contributed by atoms with Crippen molar-refractivity contribution in [3.63, 3.8) is 0 Å². The van der Waals surface area contributed by atoms with Crippen molar-refractivity contribution in [3.05, 3.63) is 120 Å². The number of imidazole rings is 1. The molecule has 0 saturated carbocycles. The molecule has 0 fully saturated rings. The van der Waals surface area contributed by atoms with Crippen molar-refractivity contribution in [1.29, 1.82) is 10.5 Å². The minimum atomic E-state index is 0.0971. The molecule has 7 rings (SSSR count).